The van der Waals surface area contributed by atoms with Gasteiger partial charge < -0.3 is 0 Å². The van der Waals surface area contributed by atoms with Gasteiger partial charge in [0.05, 0.1) is 17.8 Å². The molecular formula is C19H15F3N4O2. The SMILES string of the molecule is Cc1ccc(N2C(=O)[C@@H]3[C@@H](N=NN3Cc3cccc(C(F)(F)F)c3)C2=O)cc1. The highest BCUT2D eigenvalue weighted by Gasteiger charge is 2.54. The number of anilines is 1. The van der Waals surface area contributed by atoms with Crippen molar-refractivity contribution in [3.63, 3.8) is 0 Å². The highest BCUT2D eigenvalue weighted by Crippen LogP contribution is 2.34. The van der Waals surface area contributed by atoms with Gasteiger partial charge in [0.25, 0.3) is 11.8 Å². The van der Waals surface area contributed by atoms with Crippen LogP contribution in [0.5, 0.6) is 0 Å². The number of carbonyl (C=O) groups excluding carboxylic acids is 2. The predicted molar refractivity (Wildman–Crippen MR) is 93.1 cm³/mol. The van der Waals surface area contributed by atoms with Crippen LogP contribution >= 0.6 is 0 Å². The second-order valence-electron chi connectivity index (χ2n) is 6.74. The number of fused-ring (bicyclic) bond motifs is 1. The van der Waals surface area contributed by atoms with E-state index in [1.165, 1.54) is 17.1 Å². The molecule has 1 saturated heterocycles. The second kappa shape index (κ2) is 6.43. The maximum absolute atomic E-state index is 12.9. The molecule has 28 heavy (non-hydrogen) atoms. The highest BCUT2D eigenvalue weighted by molar-refractivity contribution is 6.25. The van der Waals surface area contributed by atoms with Crippen LogP contribution in [0.2, 0.25) is 0 Å². The summed E-state index contributed by atoms with van der Waals surface area (Å²) in [4.78, 5) is 26.6. The number of imide groups is 1. The molecule has 144 valence electrons. The van der Waals surface area contributed by atoms with E-state index in [2.05, 4.69) is 10.3 Å². The van der Waals surface area contributed by atoms with Gasteiger partial charge in [-0.25, -0.2) is 4.90 Å². The molecule has 0 N–H and O–H groups in total. The van der Waals surface area contributed by atoms with Gasteiger partial charge in [-0.3, -0.25) is 14.6 Å². The summed E-state index contributed by atoms with van der Waals surface area (Å²) >= 11 is 0. The van der Waals surface area contributed by atoms with Crippen LogP contribution in [-0.2, 0) is 22.3 Å². The van der Waals surface area contributed by atoms with Crippen molar-refractivity contribution in [2.45, 2.75) is 31.7 Å². The fourth-order valence-corrected chi connectivity index (χ4v) is 3.34. The number of halogens is 3. The average Bonchev–Trinajstić information content (AvgIpc) is 3.16. The first-order valence-corrected chi connectivity index (χ1v) is 8.54. The van der Waals surface area contributed by atoms with Gasteiger partial charge in [-0.15, -0.1) is 0 Å². The van der Waals surface area contributed by atoms with Crippen LogP contribution in [0.15, 0.2) is 58.9 Å². The topological polar surface area (TPSA) is 65.3 Å². The van der Waals surface area contributed by atoms with Crippen LogP contribution in [0.1, 0.15) is 16.7 Å². The van der Waals surface area contributed by atoms with Crippen LogP contribution in [0.25, 0.3) is 0 Å². The molecule has 0 aromatic heterocycles. The predicted octanol–water partition coefficient (Wildman–Crippen LogP) is 3.51. The Labute approximate surface area is 158 Å². The van der Waals surface area contributed by atoms with Crippen molar-refractivity contribution >= 4 is 17.5 Å². The van der Waals surface area contributed by atoms with E-state index in [4.69, 9.17) is 0 Å². The second-order valence-corrected chi connectivity index (χ2v) is 6.74. The summed E-state index contributed by atoms with van der Waals surface area (Å²) in [7, 11) is 0. The molecule has 9 heteroatoms. The van der Waals surface area contributed by atoms with Gasteiger partial charge >= 0.3 is 6.18 Å². The molecule has 0 spiro atoms. The Bertz CT molecular complexity index is 972. The number of alkyl halides is 3. The number of benzene rings is 2. The highest BCUT2D eigenvalue weighted by atomic mass is 19.4. The smallest absolute Gasteiger partial charge is 0.271 e. The molecule has 2 aliphatic heterocycles. The maximum Gasteiger partial charge on any atom is 0.416 e. The molecule has 2 aromatic rings. The van der Waals surface area contributed by atoms with Crippen molar-refractivity contribution in [3.8, 4) is 0 Å². The van der Waals surface area contributed by atoms with Gasteiger partial charge in [0, 0.05) is 0 Å². The molecule has 0 unspecified atom stereocenters. The molecule has 4 rings (SSSR count). The minimum Gasteiger partial charge on any atom is -0.271 e. The van der Waals surface area contributed by atoms with E-state index in [9.17, 15) is 22.8 Å². The largest absolute Gasteiger partial charge is 0.416 e. The average molecular weight is 388 g/mol. The molecule has 0 radical (unpaired) electrons. The Hall–Kier alpha value is -3.23. The summed E-state index contributed by atoms with van der Waals surface area (Å²) in [6.45, 7) is 1.83. The van der Waals surface area contributed by atoms with Crippen molar-refractivity contribution in [1.29, 1.82) is 0 Å². The van der Waals surface area contributed by atoms with Gasteiger partial charge in [-0.2, -0.15) is 18.3 Å². The number of rotatable bonds is 3. The van der Waals surface area contributed by atoms with Gasteiger partial charge in [-0.05, 0) is 36.8 Å². The number of nitrogens with zero attached hydrogens (tertiary/aromatic N) is 4. The molecule has 0 bridgehead atoms. The van der Waals surface area contributed by atoms with E-state index in [0.29, 0.717) is 11.3 Å². The van der Waals surface area contributed by atoms with E-state index in [0.717, 1.165) is 22.6 Å². The van der Waals surface area contributed by atoms with Crippen LogP contribution in [0.3, 0.4) is 0 Å². The zero-order chi connectivity index (χ0) is 20.1. The lowest BCUT2D eigenvalue weighted by Gasteiger charge is -2.21. The first-order chi connectivity index (χ1) is 13.3. The number of hydrogen-bond donors (Lipinski definition) is 0. The monoisotopic (exact) mass is 388 g/mol. The molecule has 6 nitrogen and oxygen atoms in total. The molecule has 2 aliphatic rings. The summed E-state index contributed by atoms with van der Waals surface area (Å²) in [5.41, 5.74) is 0.953. The molecule has 1 fully saturated rings. The Kier molecular flexibility index (Phi) is 4.17. The summed E-state index contributed by atoms with van der Waals surface area (Å²) in [6, 6.07) is 9.74. The van der Waals surface area contributed by atoms with Crippen molar-refractivity contribution in [2.75, 3.05) is 4.90 Å². The van der Waals surface area contributed by atoms with Crippen LogP contribution in [-0.4, -0.2) is 28.9 Å². The Morgan fingerprint density at radius 1 is 1.04 bits per heavy atom. The normalized spacial score (nSPS) is 21.6. The van der Waals surface area contributed by atoms with E-state index >= 15 is 0 Å². The van der Waals surface area contributed by atoms with Crippen molar-refractivity contribution in [1.82, 2.24) is 5.01 Å². The first kappa shape index (κ1) is 18.1. The van der Waals surface area contributed by atoms with E-state index in [1.54, 1.807) is 24.3 Å². The maximum atomic E-state index is 12.9. The third-order valence-electron chi connectivity index (χ3n) is 4.75. The van der Waals surface area contributed by atoms with Crippen LogP contribution in [0, 0.1) is 6.92 Å². The quantitative estimate of drug-likeness (QED) is 0.756. The Balaban J connectivity index is 1.58. The number of aryl methyl sites for hydroxylation is 1. The van der Waals surface area contributed by atoms with Crippen molar-refractivity contribution in [3.05, 3.63) is 65.2 Å². The third-order valence-corrected chi connectivity index (χ3v) is 4.75. The fraction of sp³-hybridized carbons (Fsp3) is 0.263. The van der Waals surface area contributed by atoms with Crippen LogP contribution < -0.4 is 4.90 Å². The summed E-state index contributed by atoms with van der Waals surface area (Å²) < 4.78 is 38.7. The van der Waals surface area contributed by atoms with Gasteiger partial charge in [0.1, 0.15) is 0 Å². The lowest BCUT2D eigenvalue weighted by molar-refractivity contribution is -0.137. The van der Waals surface area contributed by atoms with Crippen molar-refractivity contribution in [2.24, 2.45) is 10.3 Å². The molecule has 0 aliphatic carbocycles. The van der Waals surface area contributed by atoms with Gasteiger partial charge in [0.15, 0.2) is 12.1 Å². The molecule has 2 heterocycles. The molecule has 2 atom stereocenters. The first-order valence-electron chi connectivity index (χ1n) is 8.54. The number of amides is 2. The minimum absolute atomic E-state index is 0.0602. The summed E-state index contributed by atoms with van der Waals surface area (Å²) in [5, 5.41) is 9.02. The minimum atomic E-state index is -4.47. The zero-order valence-electron chi connectivity index (χ0n) is 14.7. The van der Waals surface area contributed by atoms with E-state index < -0.39 is 35.6 Å². The lowest BCUT2D eigenvalue weighted by atomic mass is 10.1. The number of carbonyl (C=O) groups is 2. The van der Waals surface area contributed by atoms with Gasteiger partial charge in [0.2, 0.25) is 0 Å². The molecular weight excluding hydrogens is 373 g/mol. The molecule has 0 saturated carbocycles. The molecule has 2 aromatic carbocycles. The third kappa shape index (κ3) is 3.02. The molecule has 2 amide bonds. The fourth-order valence-electron chi connectivity index (χ4n) is 3.34. The van der Waals surface area contributed by atoms with Crippen molar-refractivity contribution < 1.29 is 22.8 Å². The zero-order valence-corrected chi connectivity index (χ0v) is 14.7. The number of hydrogen-bond acceptors (Lipinski definition) is 5. The Morgan fingerprint density at radius 2 is 1.75 bits per heavy atom. The van der Waals surface area contributed by atoms with Gasteiger partial charge in [-0.1, -0.05) is 35.1 Å². The Morgan fingerprint density at radius 3 is 2.43 bits per heavy atom. The summed E-state index contributed by atoms with van der Waals surface area (Å²) in [6.07, 6.45) is -4.47. The van der Waals surface area contributed by atoms with E-state index in [-0.39, 0.29) is 6.54 Å². The summed E-state index contributed by atoms with van der Waals surface area (Å²) in [5.74, 6) is -0.982. The van der Waals surface area contributed by atoms with E-state index in [1.807, 2.05) is 6.92 Å². The lowest BCUT2D eigenvalue weighted by Crippen LogP contribution is -2.39. The van der Waals surface area contributed by atoms with Crippen LogP contribution in [0.4, 0.5) is 18.9 Å². The standard InChI is InChI=1S/C19H15F3N4O2/c1-11-5-7-14(8-6-11)26-17(27)15-16(18(26)28)25(24-23-15)10-12-3-2-4-13(9-12)19(20,21)22/h2-9,15-16H,10H2,1H3/t15-,16+/m1/s1.